The number of hydrogen-bond donors (Lipinski definition) is 1. The Kier molecular flexibility index (Phi) is 9.56. The molecule has 1 atom stereocenters. The van der Waals surface area contributed by atoms with Gasteiger partial charge < -0.3 is 5.32 Å². The molecule has 0 aliphatic rings. The molecular weight excluding hydrogens is 158 g/mol. The molecule has 0 aliphatic heterocycles. The van der Waals surface area contributed by atoms with E-state index in [1.807, 2.05) is 0 Å². The number of allylic oxidation sites excluding steroid dienone is 1. The average molecular weight is 183 g/mol. The zero-order valence-corrected chi connectivity index (χ0v) is 9.47. The Bertz CT molecular complexity index is 118. The van der Waals surface area contributed by atoms with Gasteiger partial charge in [-0.05, 0) is 25.8 Å². The van der Waals surface area contributed by atoms with Crippen molar-refractivity contribution in [1.82, 2.24) is 5.32 Å². The molecule has 0 saturated carbocycles. The normalized spacial score (nSPS) is 13.8. The maximum atomic E-state index is 3.46. The van der Waals surface area contributed by atoms with E-state index in [1.165, 1.54) is 32.2 Å². The molecule has 0 bridgehead atoms. The van der Waals surface area contributed by atoms with Gasteiger partial charge in [0.15, 0.2) is 0 Å². The van der Waals surface area contributed by atoms with Crippen LogP contribution < -0.4 is 5.32 Å². The fourth-order valence-electron chi connectivity index (χ4n) is 1.43. The van der Waals surface area contributed by atoms with Gasteiger partial charge in [0.05, 0.1) is 0 Å². The predicted molar refractivity (Wildman–Crippen MR) is 61.0 cm³/mol. The van der Waals surface area contributed by atoms with Crippen molar-refractivity contribution in [2.24, 2.45) is 5.92 Å². The average Bonchev–Trinajstić information content (AvgIpc) is 2.17. The summed E-state index contributed by atoms with van der Waals surface area (Å²) in [5.41, 5.74) is 0. The van der Waals surface area contributed by atoms with Crippen LogP contribution in [0.4, 0.5) is 0 Å². The summed E-state index contributed by atoms with van der Waals surface area (Å²) >= 11 is 0. The first-order chi connectivity index (χ1) is 6.35. The molecule has 0 rings (SSSR count). The fourth-order valence-corrected chi connectivity index (χ4v) is 1.43. The lowest BCUT2D eigenvalue weighted by Gasteiger charge is -2.14. The molecule has 1 N–H and O–H groups in total. The highest BCUT2D eigenvalue weighted by Crippen LogP contribution is 2.10. The van der Waals surface area contributed by atoms with E-state index in [4.69, 9.17) is 0 Å². The molecule has 1 nitrogen and oxygen atoms in total. The first kappa shape index (κ1) is 12.7. The van der Waals surface area contributed by atoms with Gasteiger partial charge in [0, 0.05) is 6.54 Å². The van der Waals surface area contributed by atoms with E-state index in [1.54, 1.807) is 0 Å². The van der Waals surface area contributed by atoms with Gasteiger partial charge >= 0.3 is 0 Å². The quantitative estimate of drug-likeness (QED) is 0.449. The van der Waals surface area contributed by atoms with Crippen LogP contribution in [-0.2, 0) is 0 Å². The van der Waals surface area contributed by atoms with Crippen LogP contribution in [0.15, 0.2) is 12.2 Å². The number of nitrogens with one attached hydrogen (secondary N) is 1. The summed E-state index contributed by atoms with van der Waals surface area (Å²) in [4.78, 5) is 0. The maximum absolute atomic E-state index is 3.46. The number of rotatable bonds is 8. The minimum atomic E-state index is 0.880. The molecular formula is C12H25N. The molecule has 0 saturated heterocycles. The first-order valence-corrected chi connectivity index (χ1v) is 5.66. The highest BCUT2D eigenvalue weighted by Gasteiger charge is 2.03. The van der Waals surface area contributed by atoms with Crippen LogP contribution in [0.25, 0.3) is 0 Å². The maximum Gasteiger partial charge on any atom is 0.0134 e. The minimum absolute atomic E-state index is 0.880. The van der Waals surface area contributed by atoms with Crippen molar-refractivity contribution in [2.45, 2.75) is 46.5 Å². The molecule has 13 heavy (non-hydrogen) atoms. The number of hydrogen-bond acceptors (Lipinski definition) is 1. The van der Waals surface area contributed by atoms with Crippen molar-refractivity contribution < 1.29 is 0 Å². The van der Waals surface area contributed by atoms with E-state index in [9.17, 15) is 0 Å². The summed E-state index contributed by atoms with van der Waals surface area (Å²) in [7, 11) is 0. The zero-order chi connectivity index (χ0) is 9.94. The third kappa shape index (κ3) is 8.04. The van der Waals surface area contributed by atoms with Crippen LogP contribution in [0.3, 0.4) is 0 Å². The van der Waals surface area contributed by atoms with Crippen LogP contribution in [-0.4, -0.2) is 13.1 Å². The second kappa shape index (κ2) is 9.79. The SMILES string of the molecule is C/C=C/CNCC(CC)CCCC. The van der Waals surface area contributed by atoms with Crippen molar-refractivity contribution in [2.75, 3.05) is 13.1 Å². The standard InChI is InChI=1S/C12H25N/c1-4-7-9-12(6-3)11-13-10-8-5-2/h5,8,12-13H,4,6-7,9-11H2,1-3H3/b8-5+. The lowest BCUT2D eigenvalue weighted by molar-refractivity contribution is 0.428. The molecule has 0 heterocycles. The Hall–Kier alpha value is -0.300. The molecule has 0 aromatic carbocycles. The molecule has 0 fully saturated rings. The van der Waals surface area contributed by atoms with Crippen LogP contribution in [0.1, 0.15) is 46.5 Å². The van der Waals surface area contributed by atoms with Crippen LogP contribution in [0, 0.1) is 5.92 Å². The second-order valence-electron chi connectivity index (χ2n) is 3.64. The monoisotopic (exact) mass is 183 g/mol. The molecule has 0 radical (unpaired) electrons. The van der Waals surface area contributed by atoms with Crippen molar-refractivity contribution in [3.63, 3.8) is 0 Å². The van der Waals surface area contributed by atoms with Gasteiger partial charge in [0.25, 0.3) is 0 Å². The minimum Gasteiger partial charge on any atom is -0.313 e. The van der Waals surface area contributed by atoms with E-state index in [0.29, 0.717) is 0 Å². The van der Waals surface area contributed by atoms with Gasteiger partial charge in [0.2, 0.25) is 0 Å². The summed E-state index contributed by atoms with van der Waals surface area (Å²) in [6.45, 7) is 8.83. The van der Waals surface area contributed by atoms with E-state index in [-0.39, 0.29) is 0 Å². The topological polar surface area (TPSA) is 12.0 Å². The molecule has 0 aliphatic carbocycles. The Labute approximate surface area is 83.6 Å². The smallest absolute Gasteiger partial charge is 0.0134 e. The molecule has 78 valence electrons. The lowest BCUT2D eigenvalue weighted by atomic mass is 9.99. The Morgan fingerprint density at radius 3 is 2.62 bits per heavy atom. The van der Waals surface area contributed by atoms with Gasteiger partial charge in [0.1, 0.15) is 0 Å². The molecule has 0 aromatic rings. The lowest BCUT2D eigenvalue weighted by Crippen LogP contribution is -2.22. The zero-order valence-electron chi connectivity index (χ0n) is 9.47. The van der Waals surface area contributed by atoms with E-state index >= 15 is 0 Å². The highest BCUT2D eigenvalue weighted by molar-refractivity contribution is 4.79. The predicted octanol–water partition coefficient (Wildman–Crippen LogP) is 3.37. The van der Waals surface area contributed by atoms with Gasteiger partial charge in [-0.2, -0.15) is 0 Å². The fraction of sp³-hybridized carbons (Fsp3) is 0.833. The summed E-state index contributed by atoms with van der Waals surface area (Å²) in [6.07, 6.45) is 9.67. The molecule has 0 amide bonds. The van der Waals surface area contributed by atoms with Gasteiger partial charge in [-0.3, -0.25) is 0 Å². The molecule has 0 aromatic heterocycles. The van der Waals surface area contributed by atoms with Crippen molar-refractivity contribution in [1.29, 1.82) is 0 Å². The van der Waals surface area contributed by atoms with Crippen molar-refractivity contribution >= 4 is 0 Å². The third-order valence-corrected chi connectivity index (χ3v) is 2.47. The largest absolute Gasteiger partial charge is 0.313 e. The van der Waals surface area contributed by atoms with E-state index in [0.717, 1.165) is 12.5 Å². The Balaban J connectivity index is 3.36. The van der Waals surface area contributed by atoms with Gasteiger partial charge in [-0.15, -0.1) is 0 Å². The van der Waals surface area contributed by atoms with E-state index in [2.05, 4.69) is 38.2 Å². The van der Waals surface area contributed by atoms with E-state index < -0.39 is 0 Å². The third-order valence-electron chi connectivity index (χ3n) is 2.47. The summed E-state index contributed by atoms with van der Waals surface area (Å²) in [5, 5.41) is 3.46. The highest BCUT2D eigenvalue weighted by atomic mass is 14.8. The first-order valence-electron chi connectivity index (χ1n) is 5.66. The summed E-state index contributed by atoms with van der Waals surface area (Å²) in [5.74, 6) is 0.880. The molecule has 0 spiro atoms. The van der Waals surface area contributed by atoms with Crippen molar-refractivity contribution in [3.8, 4) is 0 Å². The number of unbranched alkanes of at least 4 members (excludes halogenated alkanes) is 1. The molecule has 1 heteroatoms. The Morgan fingerprint density at radius 1 is 1.31 bits per heavy atom. The van der Waals surface area contributed by atoms with Crippen LogP contribution >= 0.6 is 0 Å². The second-order valence-corrected chi connectivity index (χ2v) is 3.64. The van der Waals surface area contributed by atoms with Gasteiger partial charge in [-0.1, -0.05) is 45.3 Å². The summed E-state index contributed by atoms with van der Waals surface area (Å²) < 4.78 is 0. The van der Waals surface area contributed by atoms with Crippen molar-refractivity contribution in [3.05, 3.63) is 12.2 Å². The van der Waals surface area contributed by atoms with Crippen LogP contribution in [0.2, 0.25) is 0 Å². The molecule has 1 unspecified atom stereocenters. The Morgan fingerprint density at radius 2 is 2.08 bits per heavy atom. The van der Waals surface area contributed by atoms with Crippen LogP contribution in [0.5, 0.6) is 0 Å². The summed E-state index contributed by atoms with van der Waals surface area (Å²) in [6, 6.07) is 0. The van der Waals surface area contributed by atoms with Gasteiger partial charge in [-0.25, -0.2) is 0 Å².